The third kappa shape index (κ3) is 3.18. The average molecular weight is 360 g/mol. The number of hydrogen-bond donors (Lipinski definition) is 1. The average Bonchev–Trinajstić information content (AvgIpc) is 3.07. The minimum absolute atomic E-state index is 0.527. The highest BCUT2D eigenvalue weighted by Crippen LogP contribution is 2.37. The Bertz CT molecular complexity index is 1050. The molecule has 0 aliphatic rings. The molecule has 1 N–H and O–H groups in total. The lowest BCUT2D eigenvalue weighted by atomic mass is 9.99. The molecule has 1 aromatic carbocycles. The van der Waals surface area contributed by atoms with E-state index in [0.29, 0.717) is 5.92 Å². The molecule has 0 spiro atoms. The fourth-order valence-electron chi connectivity index (χ4n) is 2.99. The van der Waals surface area contributed by atoms with Crippen LogP contribution in [0.3, 0.4) is 0 Å². The summed E-state index contributed by atoms with van der Waals surface area (Å²) in [5.74, 6) is 1.35. The van der Waals surface area contributed by atoms with Crippen LogP contribution in [0.4, 0.5) is 11.5 Å². The summed E-state index contributed by atoms with van der Waals surface area (Å²) >= 11 is 1.64. The SMILES string of the molecule is Cc1cc(Nc2ncnc3scc(-c4ccc(C(C)C)cc4)c23)ccn1. The van der Waals surface area contributed by atoms with Crippen molar-refractivity contribution in [1.29, 1.82) is 0 Å². The van der Waals surface area contributed by atoms with Gasteiger partial charge in [0.05, 0.1) is 5.39 Å². The van der Waals surface area contributed by atoms with Gasteiger partial charge in [-0.15, -0.1) is 11.3 Å². The quantitative estimate of drug-likeness (QED) is 0.490. The van der Waals surface area contributed by atoms with Gasteiger partial charge in [-0.25, -0.2) is 9.97 Å². The van der Waals surface area contributed by atoms with Crippen molar-refractivity contribution in [3.63, 3.8) is 0 Å². The van der Waals surface area contributed by atoms with E-state index < -0.39 is 0 Å². The topological polar surface area (TPSA) is 50.7 Å². The number of pyridine rings is 1. The van der Waals surface area contributed by atoms with Gasteiger partial charge >= 0.3 is 0 Å². The standard InChI is InChI=1S/C21H20N4S/c1-13(2)15-4-6-16(7-5-15)18-11-26-21-19(18)20(23-12-24-21)25-17-8-9-22-14(3)10-17/h4-13H,1-3H3,(H,22,23,24,25). The van der Waals surface area contributed by atoms with Crippen LogP contribution >= 0.6 is 11.3 Å². The van der Waals surface area contributed by atoms with Crippen molar-refractivity contribution in [2.24, 2.45) is 0 Å². The first-order valence-corrected chi connectivity index (χ1v) is 9.52. The van der Waals surface area contributed by atoms with Crippen LogP contribution < -0.4 is 5.32 Å². The highest BCUT2D eigenvalue weighted by molar-refractivity contribution is 7.17. The van der Waals surface area contributed by atoms with Crippen LogP contribution in [0.5, 0.6) is 0 Å². The van der Waals surface area contributed by atoms with Crippen LogP contribution in [0.15, 0.2) is 54.3 Å². The van der Waals surface area contributed by atoms with Crippen molar-refractivity contribution < 1.29 is 0 Å². The number of thiophene rings is 1. The predicted molar refractivity (Wildman–Crippen MR) is 109 cm³/mol. The number of fused-ring (bicyclic) bond motifs is 1. The van der Waals surface area contributed by atoms with Gasteiger partial charge in [-0.1, -0.05) is 38.1 Å². The first-order chi connectivity index (χ1) is 12.6. The molecule has 3 heterocycles. The van der Waals surface area contributed by atoms with E-state index in [2.05, 4.69) is 63.8 Å². The highest BCUT2D eigenvalue weighted by atomic mass is 32.1. The van der Waals surface area contributed by atoms with Crippen LogP contribution in [-0.4, -0.2) is 15.0 Å². The summed E-state index contributed by atoms with van der Waals surface area (Å²) in [7, 11) is 0. The maximum Gasteiger partial charge on any atom is 0.143 e. The molecule has 3 aromatic heterocycles. The summed E-state index contributed by atoms with van der Waals surface area (Å²) in [6.45, 7) is 6.40. The lowest BCUT2D eigenvalue weighted by Gasteiger charge is -2.10. The van der Waals surface area contributed by atoms with Gasteiger partial charge in [0.2, 0.25) is 0 Å². The van der Waals surface area contributed by atoms with E-state index >= 15 is 0 Å². The molecule has 0 unspecified atom stereocenters. The fourth-order valence-corrected chi connectivity index (χ4v) is 3.91. The molecule has 0 bridgehead atoms. The lowest BCUT2D eigenvalue weighted by Crippen LogP contribution is -1.96. The van der Waals surface area contributed by atoms with E-state index in [9.17, 15) is 0 Å². The smallest absolute Gasteiger partial charge is 0.143 e. The summed E-state index contributed by atoms with van der Waals surface area (Å²) < 4.78 is 0. The molecule has 4 nitrogen and oxygen atoms in total. The van der Waals surface area contributed by atoms with Gasteiger partial charge in [-0.05, 0) is 36.1 Å². The van der Waals surface area contributed by atoms with E-state index in [-0.39, 0.29) is 0 Å². The van der Waals surface area contributed by atoms with Gasteiger partial charge in [-0.2, -0.15) is 0 Å². The molecule has 4 rings (SSSR count). The van der Waals surface area contributed by atoms with Gasteiger partial charge in [0.25, 0.3) is 0 Å². The van der Waals surface area contributed by atoms with Gasteiger partial charge in [0, 0.05) is 28.5 Å². The molecule has 0 amide bonds. The summed E-state index contributed by atoms with van der Waals surface area (Å²) in [5.41, 5.74) is 5.63. The van der Waals surface area contributed by atoms with Crippen LogP contribution in [0.2, 0.25) is 0 Å². The minimum atomic E-state index is 0.527. The first kappa shape index (κ1) is 16.7. The lowest BCUT2D eigenvalue weighted by molar-refractivity contribution is 0.867. The molecular weight excluding hydrogens is 340 g/mol. The molecule has 4 aromatic rings. The number of benzene rings is 1. The number of rotatable bonds is 4. The molecule has 0 saturated carbocycles. The van der Waals surface area contributed by atoms with Crippen LogP contribution in [-0.2, 0) is 0 Å². The van der Waals surface area contributed by atoms with Crippen molar-refractivity contribution in [2.45, 2.75) is 26.7 Å². The second kappa shape index (κ2) is 6.84. The molecule has 0 saturated heterocycles. The Hall–Kier alpha value is -2.79. The normalized spacial score (nSPS) is 11.2. The second-order valence-electron chi connectivity index (χ2n) is 6.64. The molecule has 130 valence electrons. The van der Waals surface area contributed by atoms with Gasteiger partial charge in [0.15, 0.2) is 0 Å². The number of aryl methyl sites for hydroxylation is 1. The number of nitrogens with zero attached hydrogens (tertiary/aromatic N) is 3. The summed E-state index contributed by atoms with van der Waals surface area (Å²) in [5, 5.41) is 6.65. The number of aromatic nitrogens is 3. The van der Waals surface area contributed by atoms with Crippen molar-refractivity contribution >= 4 is 33.1 Å². The molecule has 0 aliphatic heterocycles. The van der Waals surface area contributed by atoms with E-state index in [1.807, 2.05) is 19.1 Å². The largest absolute Gasteiger partial charge is 0.339 e. The van der Waals surface area contributed by atoms with Crippen LogP contribution in [0, 0.1) is 6.92 Å². The second-order valence-corrected chi connectivity index (χ2v) is 7.50. The molecule has 0 aliphatic carbocycles. The highest BCUT2D eigenvalue weighted by Gasteiger charge is 2.13. The zero-order valence-corrected chi connectivity index (χ0v) is 15.8. The first-order valence-electron chi connectivity index (χ1n) is 8.64. The molecule has 0 radical (unpaired) electrons. The van der Waals surface area contributed by atoms with Crippen molar-refractivity contribution in [2.75, 3.05) is 5.32 Å². The predicted octanol–water partition coefficient (Wildman–Crippen LogP) is 5.93. The van der Waals surface area contributed by atoms with Gasteiger partial charge in [0.1, 0.15) is 17.0 Å². The molecular formula is C21H20N4S. The zero-order chi connectivity index (χ0) is 18.1. The Labute approximate surface area is 157 Å². The van der Waals surface area contributed by atoms with Gasteiger partial charge in [-0.3, -0.25) is 4.98 Å². The summed E-state index contributed by atoms with van der Waals surface area (Å²) in [4.78, 5) is 14.2. The third-order valence-corrected chi connectivity index (χ3v) is 5.30. The molecule has 26 heavy (non-hydrogen) atoms. The molecule has 5 heteroatoms. The monoisotopic (exact) mass is 360 g/mol. The van der Waals surface area contributed by atoms with E-state index in [1.165, 1.54) is 11.1 Å². The number of hydrogen-bond acceptors (Lipinski definition) is 5. The maximum atomic E-state index is 4.50. The molecule has 0 fully saturated rings. The Morgan fingerprint density at radius 3 is 2.54 bits per heavy atom. The fraction of sp³-hybridized carbons (Fsp3) is 0.190. The van der Waals surface area contributed by atoms with E-state index in [0.717, 1.165) is 33.0 Å². The minimum Gasteiger partial charge on any atom is -0.339 e. The van der Waals surface area contributed by atoms with Crippen molar-refractivity contribution in [3.8, 4) is 11.1 Å². The zero-order valence-electron chi connectivity index (χ0n) is 15.0. The van der Waals surface area contributed by atoms with Crippen molar-refractivity contribution in [1.82, 2.24) is 15.0 Å². The van der Waals surface area contributed by atoms with Crippen molar-refractivity contribution in [3.05, 3.63) is 65.6 Å². The van der Waals surface area contributed by atoms with Gasteiger partial charge < -0.3 is 5.32 Å². The Kier molecular flexibility index (Phi) is 4.39. The number of anilines is 2. The van der Waals surface area contributed by atoms with E-state index in [4.69, 9.17) is 0 Å². The summed E-state index contributed by atoms with van der Waals surface area (Å²) in [6.07, 6.45) is 3.41. The van der Waals surface area contributed by atoms with Crippen LogP contribution in [0.25, 0.3) is 21.3 Å². The Morgan fingerprint density at radius 1 is 1.00 bits per heavy atom. The molecule has 0 atom stereocenters. The number of nitrogens with one attached hydrogen (secondary N) is 1. The van der Waals surface area contributed by atoms with E-state index in [1.54, 1.807) is 23.9 Å². The van der Waals surface area contributed by atoms with Crippen LogP contribution in [0.1, 0.15) is 31.0 Å². The third-order valence-electron chi connectivity index (χ3n) is 4.42. The maximum absolute atomic E-state index is 4.50. The Morgan fingerprint density at radius 2 is 1.81 bits per heavy atom. The summed E-state index contributed by atoms with van der Waals surface area (Å²) in [6, 6.07) is 12.7. The Balaban J connectivity index is 1.79.